The predicted molar refractivity (Wildman–Crippen MR) is 97.9 cm³/mol. The van der Waals surface area contributed by atoms with E-state index >= 15 is 0 Å². The molecule has 5 rings (SSSR count). The Kier molecular flexibility index (Phi) is 3.71. The maximum Gasteiger partial charge on any atom is 0.276 e. The lowest BCUT2D eigenvalue weighted by atomic mass is 10.1. The van der Waals surface area contributed by atoms with Gasteiger partial charge in [0.15, 0.2) is 22.9 Å². The number of hydrogen-bond donors (Lipinski definition) is 0. The zero-order chi connectivity index (χ0) is 18.2. The van der Waals surface area contributed by atoms with E-state index in [1.54, 1.807) is 6.07 Å². The summed E-state index contributed by atoms with van der Waals surface area (Å²) >= 11 is 0. The highest BCUT2D eigenvalue weighted by atomic mass is 16.5. The zero-order valence-electron chi connectivity index (χ0n) is 14.5. The van der Waals surface area contributed by atoms with Crippen LogP contribution in [0.25, 0.3) is 17.0 Å². The lowest BCUT2D eigenvalue weighted by Gasteiger charge is -2.22. The van der Waals surface area contributed by atoms with Gasteiger partial charge in [0.1, 0.15) is 0 Å². The van der Waals surface area contributed by atoms with Gasteiger partial charge in [-0.2, -0.15) is 0 Å². The van der Waals surface area contributed by atoms with E-state index in [4.69, 9.17) is 4.52 Å². The van der Waals surface area contributed by atoms with Crippen molar-refractivity contribution in [1.82, 2.24) is 24.7 Å². The van der Waals surface area contributed by atoms with E-state index in [0.717, 1.165) is 29.9 Å². The largest absolute Gasteiger partial charge is 0.355 e. The van der Waals surface area contributed by atoms with Crippen molar-refractivity contribution in [3.8, 4) is 11.3 Å². The Hall–Kier alpha value is -3.48. The molecule has 1 aliphatic rings. The van der Waals surface area contributed by atoms with Crippen LogP contribution in [0.5, 0.6) is 0 Å². The van der Waals surface area contributed by atoms with E-state index in [-0.39, 0.29) is 11.9 Å². The summed E-state index contributed by atoms with van der Waals surface area (Å²) in [5.41, 5.74) is 1.99. The lowest BCUT2D eigenvalue weighted by molar-refractivity contribution is 0.0718. The summed E-state index contributed by atoms with van der Waals surface area (Å²) in [4.78, 5) is 14.9. The van der Waals surface area contributed by atoms with E-state index in [1.807, 2.05) is 64.0 Å². The highest BCUT2D eigenvalue weighted by Crippen LogP contribution is 2.32. The van der Waals surface area contributed by atoms with Crippen molar-refractivity contribution in [3.05, 3.63) is 72.3 Å². The number of carbonyl (C=O) groups excluding carboxylic acids is 1. The fraction of sp³-hybridized carbons (Fsp3) is 0.200. The summed E-state index contributed by atoms with van der Waals surface area (Å²) in [7, 11) is 0. The lowest BCUT2D eigenvalue weighted by Crippen LogP contribution is -2.31. The fourth-order valence-electron chi connectivity index (χ4n) is 3.63. The van der Waals surface area contributed by atoms with Gasteiger partial charge in [0, 0.05) is 24.4 Å². The van der Waals surface area contributed by atoms with Gasteiger partial charge in [-0.25, -0.2) is 0 Å². The average Bonchev–Trinajstić information content (AvgIpc) is 3.46. The molecule has 1 atom stereocenters. The van der Waals surface area contributed by atoms with Crippen molar-refractivity contribution in [2.75, 3.05) is 6.54 Å². The van der Waals surface area contributed by atoms with Gasteiger partial charge in [0.25, 0.3) is 5.91 Å². The van der Waals surface area contributed by atoms with Crippen molar-refractivity contribution >= 4 is 11.6 Å². The van der Waals surface area contributed by atoms with Gasteiger partial charge < -0.3 is 9.42 Å². The van der Waals surface area contributed by atoms with Gasteiger partial charge >= 0.3 is 0 Å². The molecule has 27 heavy (non-hydrogen) atoms. The molecule has 134 valence electrons. The van der Waals surface area contributed by atoms with Crippen LogP contribution in [-0.2, 0) is 0 Å². The Morgan fingerprint density at radius 2 is 1.93 bits per heavy atom. The zero-order valence-corrected chi connectivity index (χ0v) is 14.5. The van der Waals surface area contributed by atoms with Crippen LogP contribution in [0.4, 0.5) is 0 Å². The molecule has 7 nitrogen and oxygen atoms in total. The van der Waals surface area contributed by atoms with Gasteiger partial charge in [0.2, 0.25) is 0 Å². The molecular weight excluding hydrogens is 342 g/mol. The monoisotopic (exact) mass is 359 g/mol. The standard InChI is InChI=1S/C20H17N5O2/c26-20(15-13-17(27-23-15)14-7-2-1-3-8-14)24-12-6-9-16(24)19-22-21-18-10-4-5-11-25(18)19/h1-5,7-8,10-11,13,16H,6,9,12H2/t16-/m0/s1. The first kappa shape index (κ1) is 15.7. The third-order valence-electron chi connectivity index (χ3n) is 4.94. The third-order valence-corrected chi connectivity index (χ3v) is 4.94. The Bertz CT molecular complexity index is 1100. The number of aromatic nitrogens is 4. The molecule has 0 spiro atoms. The van der Waals surface area contributed by atoms with E-state index in [0.29, 0.717) is 18.0 Å². The first-order chi connectivity index (χ1) is 13.3. The summed E-state index contributed by atoms with van der Waals surface area (Å²) in [6.45, 7) is 0.665. The van der Waals surface area contributed by atoms with Gasteiger partial charge in [-0.15, -0.1) is 10.2 Å². The molecule has 1 aliphatic heterocycles. The fourth-order valence-corrected chi connectivity index (χ4v) is 3.63. The highest BCUT2D eigenvalue weighted by molar-refractivity contribution is 5.93. The number of nitrogens with zero attached hydrogens (tertiary/aromatic N) is 5. The first-order valence-corrected chi connectivity index (χ1v) is 8.94. The minimum Gasteiger partial charge on any atom is -0.355 e. The second-order valence-electron chi connectivity index (χ2n) is 6.59. The minimum absolute atomic E-state index is 0.119. The Labute approximate surface area is 155 Å². The maximum atomic E-state index is 13.1. The van der Waals surface area contributed by atoms with Crippen LogP contribution in [-0.4, -0.2) is 37.1 Å². The molecule has 1 saturated heterocycles. The summed E-state index contributed by atoms with van der Waals surface area (Å²) in [5, 5.41) is 12.6. The Balaban J connectivity index is 1.45. The Morgan fingerprint density at radius 1 is 1.07 bits per heavy atom. The van der Waals surface area contributed by atoms with E-state index < -0.39 is 0 Å². The number of fused-ring (bicyclic) bond motifs is 1. The molecule has 0 aliphatic carbocycles. The SMILES string of the molecule is O=C(c1cc(-c2ccccc2)on1)N1CCC[C@H]1c1nnc2ccccn12. The predicted octanol–water partition coefficient (Wildman–Crippen LogP) is 3.36. The average molecular weight is 359 g/mol. The molecule has 0 saturated carbocycles. The van der Waals surface area contributed by atoms with Crippen LogP contribution in [0.2, 0.25) is 0 Å². The first-order valence-electron chi connectivity index (χ1n) is 8.94. The quantitative estimate of drug-likeness (QED) is 0.561. The van der Waals surface area contributed by atoms with Crippen LogP contribution >= 0.6 is 0 Å². The van der Waals surface area contributed by atoms with Crippen molar-refractivity contribution in [1.29, 1.82) is 0 Å². The van der Waals surface area contributed by atoms with Crippen LogP contribution in [0.1, 0.15) is 35.2 Å². The molecular formula is C20H17N5O2. The van der Waals surface area contributed by atoms with Gasteiger partial charge in [-0.1, -0.05) is 41.6 Å². The summed E-state index contributed by atoms with van der Waals surface area (Å²) in [5.74, 6) is 1.22. The molecule has 3 aromatic heterocycles. The van der Waals surface area contributed by atoms with Crippen molar-refractivity contribution < 1.29 is 9.32 Å². The molecule has 0 bridgehead atoms. The topological polar surface area (TPSA) is 76.5 Å². The number of rotatable bonds is 3. The number of likely N-dealkylation sites (tertiary alicyclic amines) is 1. The number of hydrogen-bond acceptors (Lipinski definition) is 5. The van der Waals surface area contributed by atoms with Crippen molar-refractivity contribution in [3.63, 3.8) is 0 Å². The second-order valence-corrected chi connectivity index (χ2v) is 6.59. The van der Waals surface area contributed by atoms with Gasteiger partial charge in [-0.05, 0) is 25.0 Å². The van der Waals surface area contributed by atoms with Gasteiger partial charge in [-0.3, -0.25) is 9.20 Å². The Morgan fingerprint density at radius 3 is 2.81 bits per heavy atom. The van der Waals surface area contributed by atoms with Crippen LogP contribution in [0, 0.1) is 0 Å². The van der Waals surface area contributed by atoms with Crippen LogP contribution < -0.4 is 0 Å². The third kappa shape index (κ3) is 2.68. The molecule has 0 unspecified atom stereocenters. The molecule has 4 aromatic rings. The summed E-state index contributed by atoms with van der Waals surface area (Å²) < 4.78 is 7.34. The number of pyridine rings is 1. The normalized spacial score (nSPS) is 16.9. The maximum absolute atomic E-state index is 13.1. The molecule has 1 amide bonds. The van der Waals surface area contributed by atoms with Crippen LogP contribution in [0.3, 0.4) is 0 Å². The minimum atomic E-state index is -0.142. The number of benzene rings is 1. The van der Waals surface area contributed by atoms with E-state index in [9.17, 15) is 4.79 Å². The molecule has 1 fully saturated rings. The van der Waals surface area contributed by atoms with Crippen LogP contribution in [0.15, 0.2) is 65.3 Å². The van der Waals surface area contributed by atoms with E-state index in [2.05, 4.69) is 15.4 Å². The smallest absolute Gasteiger partial charge is 0.276 e. The second kappa shape index (κ2) is 6.35. The highest BCUT2D eigenvalue weighted by Gasteiger charge is 2.35. The molecule has 0 N–H and O–H groups in total. The van der Waals surface area contributed by atoms with Gasteiger partial charge in [0.05, 0.1) is 6.04 Å². The number of amides is 1. The van der Waals surface area contributed by atoms with Crippen molar-refractivity contribution in [2.24, 2.45) is 0 Å². The summed E-state index contributed by atoms with van der Waals surface area (Å²) in [6.07, 6.45) is 3.70. The van der Waals surface area contributed by atoms with Crippen molar-refractivity contribution in [2.45, 2.75) is 18.9 Å². The summed E-state index contributed by atoms with van der Waals surface area (Å²) in [6, 6.07) is 17.0. The van der Waals surface area contributed by atoms with E-state index in [1.165, 1.54) is 0 Å². The molecule has 1 aromatic carbocycles. The molecule has 4 heterocycles. The molecule has 0 radical (unpaired) electrons. The molecule has 7 heteroatoms. The number of carbonyl (C=O) groups is 1.